The van der Waals surface area contributed by atoms with Gasteiger partial charge in [-0.1, -0.05) is 30.3 Å². The van der Waals surface area contributed by atoms with E-state index in [1.165, 1.54) is 18.6 Å². The molecule has 0 aliphatic heterocycles. The quantitative estimate of drug-likeness (QED) is 0.487. The Bertz CT molecular complexity index is 615. The standard InChI is InChI=1S/C9H11NO2.C6H6N2O2.Zn/c10-8(9(11)12)6-7-4-2-1-3-5-7;9-6(10)2-1-5-3-7-4-8-5;/h1-5,8H,6,10H2,(H,11,12);1-4H,(H,7,8)(H,9,10);/q;;+2/p-2/t8-;;/m0../s1. The van der Waals surface area contributed by atoms with Crippen LogP contribution in [0.2, 0.25) is 0 Å². The number of imidazole rings is 1. The van der Waals surface area contributed by atoms with Gasteiger partial charge < -0.3 is 30.5 Å². The predicted molar refractivity (Wildman–Crippen MR) is 75.8 cm³/mol. The maximum Gasteiger partial charge on any atom is 2.00 e. The van der Waals surface area contributed by atoms with Crippen LogP contribution >= 0.6 is 0 Å². The van der Waals surface area contributed by atoms with Crippen molar-refractivity contribution in [2.45, 2.75) is 12.5 Å². The number of aliphatic carboxylic acids is 2. The Hall–Kier alpha value is -2.31. The number of aromatic nitrogens is 2. The molecule has 0 amide bonds. The van der Waals surface area contributed by atoms with Gasteiger partial charge in [0.1, 0.15) is 0 Å². The second-order valence-electron chi connectivity index (χ2n) is 4.27. The van der Waals surface area contributed by atoms with Crippen LogP contribution < -0.4 is 15.9 Å². The van der Waals surface area contributed by atoms with Crippen molar-refractivity contribution in [3.8, 4) is 0 Å². The molecule has 0 fully saturated rings. The summed E-state index contributed by atoms with van der Waals surface area (Å²) >= 11 is 0. The Morgan fingerprint density at radius 3 is 2.39 bits per heavy atom. The maximum absolute atomic E-state index is 10.3. The third-order valence-electron chi connectivity index (χ3n) is 2.52. The smallest absolute Gasteiger partial charge is 0.548 e. The molecule has 1 atom stereocenters. The van der Waals surface area contributed by atoms with Gasteiger partial charge >= 0.3 is 19.5 Å². The molecule has 0 saturated heterocycles. The minimum absolute atomic E-state index is 0. The molecule has 1 aromatic carbocycles. The minimum atomic E-state index is -1.21. The number of benzene rings is 1. The summed E-state index contributed by atoms with van der Waals surface area (Å²) in [6.07, 6.45) is 5.62. The molecule has 0 aliphatic carbocycles. The van der Waals surface area contributed by atoms with Gasteiger partial charge in [0.15, 0.2) is 0 Å². The van der Waals surface area contributed by atoms with Crippen molar-refractivity contribution in [3.05, 3.63) is 60.2 Å². The van der Waals surface area contributed by atoms with Crippen LogP contribution in [0.15, 0.2) is 48.9 Å². The monoisotopic (exact) mass is 365 g/mol. The van der Waals surface area contributed by atoms with E-state index >= 15 is 0 Å². The summed E-state index contributed by atoms with van der Waals surface area (Å²) in [5.41, 5.74) is 6.84. The predicted octanol–water partition coefficient (Wildman–Crippen LogP) is -1.52. The van der Waals surface area contributed by atoms with Gasteiger partial charge in [0.25, 0.3) is 0 Å². The van der Waals surface area contributed by atoms with Crippen LogP contribution in [0.3, 0.4) is 0 Å². The number of rotatable bonds is 5. The first-order chi connectivity index (χ1) is 10.5. The summed E-state index contributed by atoms with van der Waals surface area (Å²) in [5, 5.41) is 20.1. The third-order valence-corrected chi connectivity index (χ3v) is 2.52. The fourth-order valence-electron chi connectivity index (χ4n) is 1.47. The summed E-state index contributed by atoms with van der Waals surface area (Å²) < 4.78 is 0. The van der Waals surface area contributed by atoms with Crippen LogP contribution in [-0.4, -0.2) is 27.9 Å². The van der Waals surface area contributed by atoms with E-state index < -0.39 is 18.0 Å². The van der Waals surface area contributed by atoms with Gasteiger partial charge in [-0.2, -0.15) is 0 Å². The largest absolute Gasteiger partial charge is 2.00 e. The summed E-state index contributed by atoms with van der Waals surface area (Å²) in [6.45, 7) is 0. The van der Waals surface area contributed by atoms with E-state index in [9.17, 15) is 19.8 Å². The first-order valence-electron chi connectivity index (χ1n) is 6.37. The number of hydrogen-bond donors (Lipinski definition) is 2. The normalized spacial score (nSPS) is 11.0. The average molecular weight is 367 g/mol. The number of aromatic amines is 1. The van der Waals surface area contributed by atoms with Crippen molar-refractivity contribution in [1.82, 2.24) is 9.97 Å². The number of nitrogens with one attached hydrogen (secondary N) is 1. The van der Waals surface area contributed by atoms with Crippen molar-refractivity contribution < 1.29 is 39.3 Å². The van der Waals surface area contributed by atoms with Crippen molar-refractivity contribution in [1.29, 1.82) is 0 Å². The SMILES string of the molecule is N[C@@H](Cc1ccccc1)C(=O)[O-].O=C([O-])C=Cc1cnc[nH]1.[Zn+2]. The molecule has 7 nitrogen and oxygen atoms in total. The topological polar surface area (TPSA) is 135 Å². The molecule has 8 heteroatoms. The number of H-pyrrole nitrogens is 1. The molecule has 116 valence electrons. The molecular weight excluding hydrogens is 352 g/mol. The Morgan fingerprint density at radius 2 is 1.91 bits per heavy atom. The molecule has 0 spiro atoms. The average Bonchev–Trinajstić information content (AvgIpc) is 3.00. The molecule has 0 unspecified atom stereocenters. The Kier molecular flexibility index (Phi) is 10.2. The first-order valence-corrected chi connectivity index (χ1v) is 6.37. The summed E-state index contributed by atoms with van der Waals surface area (Å²) in [6, 6.07) is 8.32. The minimum Gasteiger partial charge on any atom is -0.548 e. The Balaban J connectivity index is 0.000000409. The van der Waals surface area contributed by atoms with Gasteiger partial charge in [0, 0.05) is 6.04 Å². The Morgan fingerprint density at radius 1 is 1.26 bits per heavy atom. The number of carbonyl (C=O) groups is 2. The van der Waals surface area contributed by atoms with E-state index in [-0.39, 0.29) is 19.5 Å². The molecule has 2 rings (SSSR count). The van der Waals surface area contributed by atoms with Gasteiger partial charge in [0.05, 0.1) is 30.2 Å². The number of carbonyl (C=O) groups excluding carboxylic acids is 2. The second kappa shape index (κ2) is 11.3. The van der Waals surface area contributed by atoms with Gasteiger partial charge in [-0.3, -0.25) is 0 Å². The van der Waals surface area contributed by atoms with E-state index in [1.54, 1.807) is 0 Å². The van der Waals surface area contributed by atoms with E-state index in [0.29, 0.717) is 12.1 Å². The zero-order valence-corrected chi connectivity index (χ0v) is 15.3. The Labute approximate surface area is 146 Å². The van der Waals surface area contributed by atoms with Crippen LogP contribution in [0.5, 0.6) is 0 Å². The van der Waals surface area contributed by atoms with Gasteiger partial charge in [-0.05, 0) is 24.1 Å². The van der Waals surface area contributed by atoms with Crippen molar-refractivity contribution >= 4 is 18.0 Å². The van der Waals surface area contributed by atoms with Crippen LogP contribution in [0, 0.1) is 0 Å². The van der Waals surface area contributed by atoms with Gasteiger partial charge in [-0.25, -0.2) is 4.98 Å². The first kappa shape index (κ1) is 20.7. The number of carboxylic acids is 2. The van der Waals surface area contributed by atoms with E-state index in [4.69, 9.17) is 5.73 Å². The number of hydrogen-bond acceptors (Lipinski definition) is 6. The summed E-state index contributed by atoms with van der Waals surface area (Å²) in [7, 11) is 0. The van der Waals surface area contributed by atoms with E-state index in [1.807, 2.05) is 30.3 Å². The molecule has 2 aromatic rings. The fraction of sp³-hybridized carbons (Fsp3) is 0.133. The number of carboxylic acid groups (broad SMARTS) is 2. The molecule has 0 bridgehead atoms. The molecule has 0 radical (unpaired) electrons. The van der Waals surface area contributed by atoms with Crippen LogP contribution in [0.4, 0.5) is 0 Å². The molecule has 0 aliphatic rings. The summed E-state index contributed by atoms with van der Waals surface area (Å²) in [4.78, 5) is 26.5. The zero-order chi connectivity index (χ0) is 16.4. The fourth-order valence-corrected chi connectivity index (χ4v) is 1.47. The van der Waals surface area contributed by atoms with Crippen molar-refractivity contribution in [2.75, 3.05) is 0 Å². The maximum atomic E-state index is 10.3. The molecular formula is C15H15N3O4Zn. The third kappa shape index (κ3) is 9.34. The van der Waals surface area contributed by atoms with Crippen molar-refractivity contribution in [2.24, 2.45) is 5.73 Å². The molecule has 3 N–H and O–H groups in total. The number of nitrogens with zero attached hydrogens (tertiary/aromatic N) is 1. The van der Waals surface area contributed by atoms with Crippen molar-refractivity contribution in [3.63, 3.8) is 0 Å². The van der Waals surface area contributed by atoms with Gasteiger partial charge in [0.2, 0.25) is 0 Å². The van der Waals surface area contributed by atoms with Crippen LogP contribution in [0.1, 0.15) is 11.3 Å². The van der Waals surface area contributed by atoms with E-state index in [2.05, 4.69) is 9.97 Å². The molecule has 1 aromatic heterocycles. The molecule has 1 heterocycles. The molecule has 23 heavy (non-hydrogen) atoms. The number of nitrogens with two attached hydrogens (primary N) is 1. The second-order valence-corrected chi connectivity index (χ2v) is 4.27. The zero-order valence-electron chi connectivity index (χ0n) is 12.3. The van der Waals surface area contributed by atoms with Gasteiger partial charge in [-0.15, -0.1) is 0 Å². The van der Waals surface area contributed by atoms with Crippen LogP contribution in [0.25, 0.3) is 6.08 Å². The molecule has 0 saturated carbocycles. The summed E-state index contributed by atoms with van der Waals surface area (Å²) in [5.74, 6) is -2.42. The van der Waals surface area contributed by atoms with Crippen LogP contribution in [-0.2, 0) is 35.5 Å². The van der Waals surface area contributed by atoms with E-state index in [0.717, 1.165) is 11.6 Å².